The zero-order valence-corrected chi connectivity index (χ0v) is 7.62. The highest BCUT2D eigenvalue weighted by molar-refractivity contribution is 4.62. The Hall–Kier alpha value is -0.200. The molecular formula is C7H16N3O2. The Morgan fingerprint density at radius 1 is 1.33 bits per heavy atom. The van der Waals surface area contributed by atoms with Crippen LogP contribution in [0.4, 0.5) is 0 Å². The number of hydrogen-bond donors (Lipinski definition) is 1. The molecule has 0 aromatic heterocycles. The van der Waals surface area contributed by atoms with Crippen molar-refractivity contribution in [1.29, 1.82) is 0 Å². The van der Waals surface area contributed by atoms with Crippen molar-refractivity contribution in [2.45, 2.75) is 13.8 Å². The van der Waals surface area contributed by atoms with Gasteiger partial charge in [0.15, 0.2) is 0 Å². The van der Waals surface area contributed by atoms with E-state index in [1.54, 1.807) is 16.8 Å². The van der Waals surface area contributed by atoms with Crippen molar-refractivity contribution in [1.82, 2.24) is 15.4 Å². The van der Waals surface area contributed by atoms with Gasteiger partial charge in [-0.05, 0) is 13.8 Å². The molecule has 0 aromatic carbocycles. The Morgan fingerprint density at radius 2 is 2.08 bits per heavy atom. The first-order chi connectivity index (χ1) is 5.86. The van der Waals surface area contributed by atoms with E-state index in [1.807, 2.05) is 13.8 Å². The SMILES string of the molecule is CCON1[CH]NCN(OCC)C1. The van der Waals surface area contributed by atoms with Crippen LogP contribution in [-0.2, 0) is 9.68 Å². The van der Waals surface area contributed by atoms with Crippen molar-refractivity contribution in [2.24, 2.45) is 0 Å². The van der Waals surface area contributed by atoms with E-state index in [0.29, 0.717) is 26.6 Å². The number of nitrogens with zero attached hydrogens (tertiary/aromatic N) is 2. The van der Waals surface area contributed by atoms with Gasteiger partial charge in [-0.1, -0.05) is 0 Å². The predicted molar refractivity (Wildman–Crippen MR) is 44.1 cm³/mol. The molecule has 0 aliphatic carbocycles. The minimum Gasteiger partial charge on any atom is -0.297 e. The van der Waals surface area contributed by atoms with Gasteiger partial charge in [-0.2, -0.15) is 10.1 Å². The minimum atomic E-state index is 0.648. The molecule has 1 aliphatic rings. The molecule has 5 heteroatoms. The van der Waals surface area contributed by atoms with Crippen LogP contribution in [0, 0.1) is 6.67 Å². The topological polar surface area (TPSA) is 37.0 Å². The number of nitrogens with one attached hydrogen (secondary N) is 1. The first kappa shape index (κ1) is 9.88. The second-order valence-electron chi connectivity index (χ2n) is 2.37. The van der Waals surface area contributed by atoms with Crippen molar-refractivity contribution >= 4 is 0 Å². The summed E-state index contributed by atoms with van der Waals surface area (Å²) in [6, 6.07) is 0. The molecule has 0 spiro atoms. The average Bonchev–Trinajstić information content (AvgIpc) is 2.06. The fourth-order valence-electron chi connectivity index (χ4n) is 1.00. The van der Waals surface area contributed by atoms with Gasteiger partial charge in [-0.3, -0.25) is 15.0 Å². The van der Waals surface area contributed by atoms with Gasteiger partial charge in [-0.25, -0.2) is 0 Å². The molecule has 1 radical (unpaired) electrons. The molecule has 71 valence electrons. The molecule has 0 unspecified atom stereocenters. The third kappa shape index (κ3) is 3.04. The Kier molecular flexibility index (Phi) is 4.49. The monoisotopic (exact) mass is 174 g/mol. The van der Waals surface area contributed by atoms with E-state index in [1.165, 1.54) is 0 Å². The van der Waals surface area contributed by atoms with Gasteiger partial charge in [0.05, 0.1) is 19.9 Å². The van der Waals surface area contributed by atoms with E-state index >= 15 is 0 Å². The van der Waals surface area contributed by atoms with Crippen LogP contribution < -0.4 is 5.32 Å². The van der Waals surface area contributed by atoms with Crippen LogP contribution in [0.3, 0.4) is 0 Å². The maximum Gasteiger partial charge on any atom is 0.118 e. The zero-order valence-electron chi connectivity index (χ0n) is 7.62. The van der Waals surface area contributed by atoms with Crippen molar-refractivity contribution in [3.8, 4) is 0 Å². The zero-order chi connectivity index (χ0) is 8.81. The van der Waals surface area contributed by atoms with Gasteiger partial charge in [0, 0.05) is 0 Å². The fourth-order valence-corrected chi connectivity index (χ4v) is 1.00. The van der Waals surface area contributed by atoms with Gasteiger partial charge in [-0.15, -0.1) is 0 Å². The molecule has 0 bridgehead atoms. The molecule has 0 aromatic rings. The fraction of sp³-hybridized carbons (Fsp3) is 0.857. The molecule has 1 fully saturated rings. The lowest BCUT2D eigenvalue weighted by atomic mass is 10.7. The van der Waals surface area contributed by atoms with Crippen LogP contribution in [-0.4, -0.2) is 36.7 Å². The molecule has 0 saturated carbocycles. The summed E-state index contributed by atoms with van der Waals surface area (Å²) in [7, 11) is 0. The number of hydrogen-bond acceptors (Lipinski definition) is 5. The Balaban J connectivity index is 2.20. The van der Waals surface area contributed by atoms with E-state index in [0.717, 1.165) is 0 Å². The quantitative estimate of drug-likeness (QED) is 0.655. The van der Waals surface area contributed by atoms with E-state index in [9.17, 15) is 0 Å². The first-order valence-electron chi connectivity index (χ1n) is 4.21. The Bertz CT molecular complexity index is 107. The summed E-state index contributed by atoms with van der Waals surface area (Å²) >= 11 is 0. The van der Waals surface area contributed by atoms with Crippen molar-refractivity contribution in [3.63, 3.8) is 0 Å². The average molecular weight is 174 g/mol. The van der Waals surface area contributed by atoms with Crippen LogP contribution in [0.2, 0.25) is 0 Å². The predicted octanol–water partition coefficient (Wildman–Crippen LogP) is 0.131. The molecule has 5 nitrogen and oxygen atoms in total. The lowest BCUT2D eigenvalue weighted by Gasteiger charge is -2.33. The number of rotatable bonds is 4. The van der Waals surface area contributed by atoms with Crippen LogP contribution in [0.5, 0.6) is 0 Å². The highest BCUT2D eigenvalue weighted by Gasteiger charge is 2.17. The Morgan fingerprint density at radius 3 is 2.75 bits per heavy atom. The van der Waals surface area contributed by atoms with Crippen molar-refractivity contribution in [2.75, 3.05) is 26.6 Å². The maximum atomic E-state index is 5.29. The van der Waals surface area contributed by atoms with Crippen LogP contribution in [0.1, 0.15) is 13.8 Å². The van der Waals surface area contributed by atoms with E-state index in [4.69, 9.17) is 9.68 Å². The van der Waals surface area contributed by atoms with E-state index < -0.39 is 0 Å². The molecule has 0 amide bonds. The molecular weight excluding hydrogens is 158 g/mol. The van der Waals surface area contributed by atoms with Crippen LogP contribution in [0.25, 0.3) is 0 Å². The van der Waals surface area contributed by atoms with Gasteiger partial charge in [0.2, 0.25) is 0 Å². The van der Waals surface area contributed by atoms with Crippen molar-refractivity contribution < 1.29 is 9.68 Å². The smallest absolute Gasteiger partial charge is 0.118 e. The second kappa shape index (κ2) is 5.45. The van der Waals surface area contributed by atoms with E-state index in [-0.39, 0.29) is 0 Å². The molecule has 1 saturated heterocycles. The maximum absolute atomic E-state index is 5.29. The number of hydroxylamine groups is 4. The molecule has 1 rings (SSSR count). The summed E-state index contributed by atoms with van der Waals surface area (Å²) in [6.07, 6.45) is 0. The lowest BCUT2D eigenvalue weighted by molar-refractivity contribution is -0.264. The van der Waals surface area contributed by atoms with E-state index in [2.05, 4.69) is 5.32 Å². The summed E-state index contributed by atoms with van der Waals surface area (Å²) in [5.41, 5.74) is 0. The summed E-state index contributed by atoms with van der Waals surface area (Å²) in [5.74, 6) is 0. The summed E-state index contributed by atoms with van der Waals surface area (Å²) < 4.78 is 0. The molecule has 1 heterocycles. The van der Waals surface area contributed by atoms with Gasteiger partial charge in [0.25, 0.3) is 0 Å². The standard InChI is InChI=1S/C7H16N3O2/c1-3-11-9-5-8-6-10(7-9)12-4-2/h5,8H,3-4,6-7H2,1-2H3. The third-order valence-electron chi connectivity index (χ3n) is 1.41. The van der Waals surface area contributed by atoms with Crippen LogP contribution >= 0.6 is 0 Å². The van der Waals surface area contributed by atoms with Gasteiger partial charge in [0.1, 0.15) is 13.3 Å². The highest BCUT2D eigenvalue weighted by Crippen LogP contribution is 2.02. The second-order valence-corrected chi connectivity index (χ2v) is 2.37. The molecule has 1 N–H and O–H groups in total. The highest BCUT2D eigenvalue weighted by atomic mass is 16.7. The summed E-state index contributed by atoms with van der Waals surface area (Å²) in [4.78, 5) is 10.5. The molecule has 0 atom stereocenters. The molecule has 1 aliphatic heterocycles. The normalized spacial score (nSPS) is 21.5. The van der Waals surface area contributed by atoms with Gasteiger partial charge >= 0.3 is 0 Å². The molecule has 12 heavy (non-hydrogen) atoms. The minimum absolute atomic E-state index is 0.648. The summed E-state index contributed by atoms with van der Waals surface area (Å²) in [6.45, 7) is 8.42. The largest absolute Gasteiger partial charge is 0.297 e. The summed E-state index contributed by atoms with van der Waals surface area (Å²) in [5, 5.41) is 6.54. The van der Waals surface area contributed by atoms with Crippen LogP contribution in [0.15, 0.2) is 0 Å². The first-order valence-corrected chi connectivity index (χ1v) is 4.21. The van der Waals surface area contributed by atoms with Gasteiger partial charge < -0.3 is 0 Å². The third-order valence-corrected chi connectivity index (χ3v) is 1.41. The Labute approximate surface area is 73.1 Å². The van der Waals surface area contributed by atoms with Crippen molar-refractivity contribution in [3.05, 3.63) is 6.67 Å². The lowest BCUT2D eigenvalue weighted by Crippen LogP contribution is -2.49.